The quantitative estimate of drug-likeness (QED) is 0.548. The lowest BCUT2D eigenvalue weighted by atomic mass is 10.6. The highest BCUT2D eigenvalue weighted by Gasteiger charge is 2.08. The van der Waals surface area contributed by atoms with Gasteiger partial charge in [-0.2, -0.15) is 4.39 Å². The molecule has 0 aliphatic rings. The zero-order chi connectivity index (χ0) is 12.1. The Bertz CT molecular complexity index is 494. The van der Waals surface area contributed by atoms with Crippen molar-refractivity contribution in [3.8, 4) is 0 Å². The van der Waals surface area contributed by atoms with Gasteiger partial charge in [0.15, 0.2) is 0 Å². The van der Waals surface area contributed by atoms with Crippen LogP contribution in [0, 0.1) is 5.82 Å². The number of carbonyl (C=O) groups excluding carboxylic acids is 1. The number of rotatable bonds is 3. The molecule has 0 radical (unpaired) electrons. The van der Waals surface area contributed by atoms with Gasteiger partial charge in [-0.15, -0.1) is 4.73 Å². The smallest absolute Gasteiger partial charge is 0.395 e. The van der Waals surface area contributed by atoms with Crippen molar-refractivity contribution >= 4 is 6.09 Å². The van der Waals surface area contributed by atoms with E-state index in [0.29, 0.717) is 6.20 Å². The number of carbonyl (C=O) groups is 1. The van der Waals surface area contributed by atoms with Gasteiger partial charge in [-0.3, -0.25) is 9.78 Å². The van der Waals surface area contributed by atoms with Crippen molar-refractivity contribution in [2.45, 2.75) is 0 Å². The van der Waals surface area contributed by atoms with Crippen LogP contribution in [0.15, 0.2) is 15.8 Å². The van der Waals surface area contributed by atoms with Crippen LogP contribution in [0.1, 0.15) is 0 Å². The van der Waals surface area contributed by atoms with Crippen molar-refractivity contribution < 1.29 is 19.1 Å². The molecule has 0 aliphatic carbocycles. The summed E-state index contributed by atoms with van der Waals surface area (Å²) >= 11 is 0. The van der Waals surface area contributed by atoms with Gasteiger partial charge in [0.1, 0.15) is 0 Å². The number of nitrogens with one attached hydrogen (secondary N) is 2. The maximum absolute atomic E-state index is 12.7. The van der Waals surface area contributed by atoms with Gasteiger partial charge in [-0.25, -0.2) is 9.59 Å². The van der Waals surface area contributed by atoms with Crippen LogP contribution in [0.4, 0.5) is 9.18 Å². The van der Waals surface area contributed by atoms with Crippen LogP contribution in [0.2, 0.25) is 0 Å². The second kappa shape index (κ2) is 5.07. The van der Waals surface area contributed by atoms with Crippen molar-refractivity contribution in [3.05, 3.63) is 32.9 Å². The van der Waals surface area contributed by atoms with Crippen LogP contribution in [0.5, 0.6) is 0 Å². The molecule has 3 N–H and O–H groups in total. The maximum atomic E-state index is 12.7. The Morgan fingerprint density at radius 2 is 2.31 bits per heavy atom. The van der Waals surface area contributed by atoms with Crippen LogP contribution in [0.3, 0.4) is 0 Å². The third kappa shape index (κ3) is 2.92. The minimum absolute atomic E-state index is 0.0839. The number of amides is 1. The number of aromatic nitrogens is 2. The van der Waals surface area contributed by atoms with E-state index in [4.69, 9.17) is 5.11 Å². The van der Waals surface area contributed by atoms with Gasteiger partial charge in [0.2, 0.25) is 5.82 Å². The molecule has 1 heterocycles. The van der Waals surface area contributed by atoms with Crippen LogP contribution in [-0.2, 0) is 0 Å². The molecule has 16 heavy (non-hydrogen) atoms. The molecule has 0 saturated carbocycles. The van der Waals surface area contributed by atoms with Gasteiger partial charge in [0.25, 0.3) is 5.56 Å². The summed E-state index contributed by atoms with van der Waals surface area (Å²) in [6, 6.07) is 0. The number of aromatic amines is 1. The van der Waals surface area contributed by atoms with Gasteiger partial charge in [0.05, 0.1) is 12.8 Å². The lowest BCUT2D eigenvalue weighted by molar-refractivity contribution is 0.122. The van der Waals surface area contributed by atoms with E-state index in [-0.39, 0.29) is 17.9 Å². The van der Waals surface area contributed by atoms with E-state index in [9.17, 15) is 18.8 Å². The first-order chi connectivity index (χ1) is 7.54. The Hall–Kier alpha value is -2.16. The molecular formula is C7H8FN3O5. The molecule has 1 aromatic heterocycles. The predicted octanol–water partition coefficient (Wildman–Crippen LogP) is -2.19. The predicted molar refractivity (Wildman–Crippen MR) is 48.3 cm³/mol. The van der Waals surface area contributed by atoms with Crippen LogP contribution in [-0.4, -0.2) is 34.1 Å². The van der Waals surface area contributed by atoms with Gasteiger partial charge >= 0.3 is 11.8 Å². The Labute approximate surface area is 87.2 Å². The van der Waals surface area contributed by atoms with Crippen molar-refractivity contribution in [3.63, 3.8) is 0 Å². The molecule has 88 valence electrons. The number of H-pyrrole nitrogens is 1. The Morgan fingerprint density at radius 1 is 1.62 bits per heavy atom. The fourth-order valence-corrected chi connectivity index (χ4v) is 0.779. The summed E-state index contributed by atoms with van der Waals surface area (Å²) in [5.41, 5.74) is -2.30. The second-order valence-corrected chi connectivity index (χ2v) is 2.59. The van der Waals surface area contributed by atoms with Gasteiger partial charge < -0.3 is 15.3 Å². The van der Waals surface area contributed by atoms with Gasteiger partial charge in [-0.1, -0.05) is 0 Å². The van der Waals surface area contributed by atoms with Gasteiger partial charge in [0, 0.05) is 6.54 Å². The third-order valence-electron chi connectivity index (χ3n) is 1.43. The number of hydrogen-bond acceptors (Lipinski definition) is 5. The van der Waals surface area contributed by atoms with Crippen LogP contribution < -0.4 is 21.4 Å². The Kier molecular flexibility index (Phi) is 3.78. The van der Waals surface area contributed by atoms with E-state index in [1.807, 2.05) is 0 Å². The minimum atomic E-state index is -1.27. The summed E-state index contributed by atoms with van der Waals surface area (Å²) < 4.78 is 12.9. The zero-order valence-corrected chi connectivity index (χ0v) is 7.90. The van der Waals surface area contributed by atoms with E-state index in [1.165, 1.54) is 0 Å². The van der Waals surface area contributed by atoms with E-state index >= 15 is 0 Å². The highest BCUT2D eigenvalue weighted by Crippen LogP contribution is 1.81. The second-order valence-electron chi connectivity index (χ2n) is 2.59. The molecule has 8 nitrogen and oxygen atoms in total. The molecule has 0 unspecified atom stereocenters. The summed E-state index contributed by atoms with van der Waals surface area (Å²) in [5.74, 6) is -1.27. The molecule has 0 atom stereocenters. The first-order valence-electron chi connectivity index (χ1n) is 4.13. The average Bonchev–Trinajstić information content (AvgIpc) is 2.23. The number of halogens is 1. The molecule has 0 saturated heterocycles. The lowest BCUT2D eigenvalue weighted by Crippen LogP contribution is -2.41. The Balaban J connectivity index is 2.82. The summed E-state index contributed by atoms with van der Waals surface area (Å²) in [6.07, 6.45) is -0.637. The molecule has 0 bridgehead atoms. The van der Waals surface area contributed by atoms with E-state index in [0.717, 1.165) is 0 Å². The molecule has 0 fully saturated rings. The molecule has 1 rings (SSSR count). The van der Waals surface area contributed by atoms with E-state index in [1.54, 1.807) is 4.98 Å². The molecule has 0 spiro atoms. The third-order valence-corrected chi connectivity index (χ3v) is 1.43. The van der Waals surface area contributed by atoms with Crippen molar-refractivity contribution in [1.29, 1.82) is 0 Å². The number of aliphatic hydroxyl groups excluding tert-OH is 1. The first-order valence-corrected chi connectivity index (χ1v) is 4.13. The fraction of sp³-hybridized carbons (Fsp3) is 0.286. The normalized spacial score (nSPS) is 9.88. The monoisotopic (exact) mass is 233 g/mol. The molecule has 1 aromatic rings. The molecule has 9 heteroatoms. The summed E-state index contributed by atoms with van der Waals surface area (Å²) in [6.45, 7) is -0.399. The SMILES string of the molecule is O=C(NCCO)On1cc(F)c(=O)[nH]c1=O. The van der Waals surface area contributed by atoms with Crippen molar-refractivity contribution in [2.75, 3.05) is 13.2 Å². The highest BCUT2D eigenvalue weighted by molar-refractivity contribution is 5.67. The minimum Gasteiger partial charge on any atom is -0.395 e. The largest absolute Gasteiger partial charge is 0.432 e. The average molecular weight is 233 g/mol. The molecule has 0 aromatic carbocycles. The van der Waals surface area contributed by atoms with E-state index < -0.39 is 23.2 Å². The molecule has 0 aliphatic heterocycles. The van der Waals surface area contributed by atoms with Crippen LogP contribution in [0.25, 0.3) is 0 Å². The molecular weight excluding hydrogens is 225 g/mol. The highest BCUT2D eigenvalue weighted by atomic mass is 19.1. The maximum Gasteiger partial charge on any atom is 0.432 e. The summed E-state index contributed by atoms with van der Waals surface area (Å²) in [7, 11) is 0. The standard InChI is InChI=1S/C7H8FN3O5/c8-4-3-11(6(14)10-5(4)13)16-7(15)9-1-2-12/h3,12H,1-2H2,(H,9,15)(H,10,13,14). The molecule has 1 amide bonds. The van der Waals surface area contributed by atoms with E-state index in [2.05, 4.69) is 10.2 Å². The first kappa shape index (κ1) is 11.9. The van der Waals surface area contributed by atoms with Crippen molar-refractivity contribution in [1.82, 2.24) is 15.0 Å². The number of nitrogens with zero attached hydrogens (tertiary/aromatic N) is 1. The Morgan fingerprint density at radius 3 is 2.94 bits per heavy atom. The number of hydrogen-bond donors (Lipinski definition) is 3. The number of aliphatic hydroxyl groups is 1. The zero-order valence-electron chi connectivity index (χ0n) is 7.90. The van der Waals surface area contributed by atoms with Gasteiger partial charge in [-0.05, 0) is 0 Å². The van der Waals surface area contributed by atoms with Crippen LogP contribution >= 0.6 is 0 Å². The van der Waals surface area contributed by atoms with Crippen molar-refractivity contribution in [2.24, 2.45) is 0 Å². The lowest BCUT2D eigenvalue weighted by Gasteiger charge is -2.05. The summed E-state index contributed by atoms with van der Waals surface area (Å²) in [5, 5.41) is 10.4. The summed E-state index contributed by atoms with van der Waals surface area (Å²) in [4.78, 5) is 38.4. The topological polar surface area (TPSA) is 113 Å². The fourth-order valence-electron chi connectivity index (χ4n) is 0.779.